The van der Waals surface area contributed by atoms with Crippen LogP contribution in [0.15, 0.2) is 11.6 Å². The van der Waals surface area contributed by atoms with Crippen molar-refractivity contribution in [1.82, 2.24) is 9.47 Å². The first kappa shape index (κ1) is 18.3. The van der Waals surface area contributed by atoms with Crippen molar-refractivity contribution in [2.24, 2.45) is 5.92 Å². The maximum absolute atomic E-state index is 12.5. The molecule has 1 heterocycles. The predicted molar refractivity (Wildman–Crippen MR) is 94.2 cm³/mol. The number of aromatic nitrogens is 1. The average molecular weight is 329 g/mol. The molecule has 2 rings (SSSR count). The average Bonchev–Trinajstić information content (AvgIpc) is 3.36. The van der Waals surface area contributed by atoms with E-state index in [1.54, 1.807) is 13.1 Å². The second-order valence-electron chi connectivity index (χ2n) is 6.74. The van der Waals surface area contributed by atoms with Crippen molar-refractivity contribution in [2.75, 3.05) is 13.6 Å². The van der Waals surface area contributed by atoms with Crippen molar-refractivity contribution in [1.29, 1.82) is 5.26 Å². The van der Waals surface area contributed by atoms with Crippen molar-refractivity contribution in [3.8, 4) is 6.07 Å². The number of carbonyl (C=O) groups excluding carboxylic acids is 1. The Hall–Kier alpha value is -2.06. The molecule has 1 atom stereocenters. The lowest BCUT2D eigenvalue weighted by atomic mass is 10.1. The molecule has 1 aliphatic carbocycles. The van der Waals surface area contributed by atoms with Gasteiger partial charge < -0.3 is 14.6 Å². The third-order valence-corrected chi connectivity index (χ3v) is 4.68. The highest BCUT2D eigenvalue weighted by atomic mass is 16.3. The van der Waals surface area contributed by atoms with Crippen molar-refractivity contribution >= 4 is 12.0 Å². The van der Waals surface area contributed by atoms with Gasteiger partial charge in [0, 0.05) is 31.5 Å². The Balaban J connectivity index is 2.17. The Morgan fingerprint density at radius 3 is 2.75 bits per heavy atom. The Kier molecular flexibility index (Phi) is 5.84. The van der Waals surface area contributed by atoms with Crippen LogP contribution in [0.4, 0.5) is 0 Å². The molecule has 1 N–H and O–H groups in total. The first-order valence-electron chi connectivity index (χ1n) is 8.61. The zero-order valence-electron chi connectivity index (χ0n) is 15.0. The quantitative estimate of drug-likeness (QED) is 0.617. The van der Waals surface area contributed by atoms with Crippen LogP contribution in [0.25, 0.3) is 6.08 Å². The molecule has 1 unspecified atom stereocenters. The van der Waals surface area contributed by atoms with Crippen molar-refractivity contribution in [3.63, 3.8) is 0 Å². The van der Waals surface area contributed by atoms with Gasteiger partial charge >= 0.3 is 0 Å². The zero-order chi connectivity index (χ0) is 17.9. The minimum Gasteiger partial charge on any atom is -0.391 e. The third-order valence-electron chi connectivity index (χ3n) is 4.68. The molecular weight excluding hydrogens is 302 g/mol. The third kappa shape index (κ3) is 4.07. The van der Waals surface area contributed by atoms with Crippen LogP contribution in [-0.4, -0.2) is 40.2 Å². The summed E-state index contributed by atoms with van der Waals surface area (Å²) in [6.07, 6.45) is 4.25. The van der Waals surface area contributed by atoms with Gasteiger partial charge in [0.1, 0.15) is 11.6 Å². The molecule has 0 spiro atoms. The number of aliphatic hydroxyl groups is 1. The summed E-state index contributed by atoms with van der Waals surface area (Å²) in [5.41, 5.74) is 3.21. The van der Waals surface area contributed by atoms with Crippen molar-refractivity contribution < 1.29 is 9.90 Å². The number of aryl methyl sites for hydroxylation is 1. The summed E-state index contributed by atoms with van der Waals surface area (Å²) in [7, 11) is 1.64. The Labute approximate surface area is 144 Å². The number of carbonyl (C=O) groups is 1. The Morgan fingerprint density at radius 1 is 1.54 bits per heavy atom. The normalized spacial score (nSPS) is 15.9. The highest BCUT2D eigenvalue weighted by molar-refractivity contribution is 6.01. The van der Waals surface area contributed by atoms with Gasteiger partial charge in [0.25, 0.3) is 5.91 Å². The van der Waals surface area contributed by atoms with Gasteiger partial charge in [-0.2, -0.15) is 5.26 Å². The van der Waals surface area contributed by atoms with Crippen LogP contribution in [0.3, 0.4) is 0 Å². The molecule has 1 fully saturated rings. The summed E-state index contributed by atoms with van der Waals surface area (Å²) in [5, 5.41) is 19.4. The Morgan fingerprint density at radius 2 is 2.21 bits per heavy atom. The summed E-state index contributed by atoms with van der Waals surface area (Å²) in [6.45, 7) is 7.37. The molecule has 5 nitrogen and oxygen atoms in total. The molecule has 0 radical (unpaired) electrons. The SMILES string of the molecule is CCCn1c(C)cc(/C=C(/C#N)C(=O)N(C)CC(O)C2CC2)c1C. The lowest BCUT2D eigenvalue weighted by Gasteiger charge is -2.20. The zero-order valence-corrected chi connectivity index (χ0v) is 15.0. The number of aliphatic hydroxyl groups excluding tert-OH is 1. The molecule has 0 saturated heterocycles. The molecule has 1 aromatic rings. The van der Waals surface area contributed by atoms with Gasteiger partial charge in [-0.15, -0.1) is 0 Å². The standard InChI is InChI=1S/C19H27N3O2/c1-5-8-22-13(2)9-16(14(22)3)10-17(11-20)19(24)21(4)12-18(23)15-6-7-15/h9-10,15,18,23H,5-8,12H2,1-4H3/b17-10-. The maximum Gasteiger partial charge on any atom is 0.264 e. The van der Waals surface area contributed by atoms with Crippen molar-refractivity contribution in [2.45, 2.75) is 52.7 Å². The summed E-state index contributed by atoms with van der Waals surface area (Å²) >= 11 is 0. The topological polar surface area (TPSA) is 69.3 Å². The van der Waals surface area contributed by atoms with Crippen LogP contribution in [0.5, 0.6) is 0 Å². The number of rotatable bonds is 7. The number of nitrogens with zero attached hydrogens (tertiary/aromatic N) is 3. The van der Waals surface area contributed by atoms with Gasteiger partial charge in [-0.3, -0.25) is 4.79 Å². The molecule has 0 aliphatic heterocycles. The van der Waals surface area contributed by atoms with Crippen LogP contribution in [-0.2, 0) is 11.3 Å². The van der Waals surface area contributed by atoms with E-state index in [0.29, 0.717) is 5.92 Å². The molecule has 1 aromatic heterocycles. The van der Waals surface area contributed by atoms with Gasteiger partial charge in [0.15, 0.2) is 0 Å². The van der Waals surface area contributed by atoms with E-state index in [9.17, 15) is 15.2 Å². The van der Waals surface area contributed by atoms with E-state index in [0.717, 1.165) is 42.8 Å². The summed E-state index contributed by atoms with van der Waals surface area (Å²) in [5.74, 6) is -0.0276. The predicted octanol–water partition coefficient (Wildman–Crippen LogP) is 2.65. The molecule has 24 heavy (non-hydrogen) atoms. The smallest absolute Gasteiger partial charge is 0.264 e. The Bertz CT molecular complexity index is 678. The summed E-state index contributed by atoms with van der Waals surface area (Å²) in [6, 6.07) is 4.02. The van der Waals surface area contributed by atoms with Gasteiger partial charge in [0.2, 0.25) is 0 Å². The lowest BCUT2D eigenvalue weighted by Crippen LogP contribution is -2.35. The van der Waals surface area contributed by atoms with Crippen LogP contribution in [0.1, 0.15) is 43.1 Å². The van der Waals surface area contributed by atoms with E-state index >= 15 is 0 Å². The van der Waals surface area contributed by atoms with E-state index in [4.69, 9.17) is 0 Å². The first-order valence-corrected chi connectivity index (χ1v) is 8.61. The van der Waals surface area contributed by atoms with Gasteiger partial charge in [-0.1, -0.05) is 6.92 Å². The van der Waals surface area contributed by atoms with E-state index in [-0.39, 0.29) is 18.0 Å². The molecule has 1 saturated carbocycles. The molecule has 0 bridgehead atoms. The fourth-order valence-electron chi connectivity index (χ4n) is 3.04. The van der Waals surface area contributed by atoms with Crippen LogP contribution < -0.4 is 0 Å². The monoisotopic (exact) mass is 329 g/mol. The molecule has 0 aromatic carbocycles. The second-order valence-corrected chi connectivity index (χ2v) is 6.74. The molecule has 130 valence electrons. The number of amides is 1. The van der Waals surface area contributed by atoms with Crippen molar-refractivity contribution in [3.05, 3.63) is 28.6 Å². The fourth-order valence-corrected chi connectivity index (χ4v) is 3.04. The lowest BCUT2D eigenvalue weighted by molar-refractivity contribution is -0.126. The van der Waals surface area contributed by atoms with Gasteiger partial charge in [-0.25, -0.2) is 0 Å². The van der Waals surface area contributed by atoms with E-state index in [2.05, 4.69) is 11.5 Å². The molecule has 1 aliphatic rings. The van der Waals surface area contributed by atoms with Gasteiger partial charge in [0.05, 0.1) is 6.10 Å². The number of hydrogen-bond donors (Lipinski definition) is 1. The second kappa shape index (κ2) is 7.67. The molecular formula is C19H27N3O2. The molecule has 5 heteroatoms. The highest BCUT2D eigenvalue weighted by Gasteiger charge is 2.31. The minimum atomic E-state index is -0.492. The highest BCUT2D eigenvalue weighted by Crippen LogP contribution is 2.32. The minimum absolute atomic E-state index is 0.109. The summed E-state index contributed by atoms with van der Waals surface area (Å²) in [4.78, 5) is 14.0. The van der Waals surface area contributed by atoms with E-state index in [1.807, 2.05) is 26.0 Å². The van der Waals surface area contributed by atoms with E-state index < -0.39 is 6.10 Å². The summed E-state index contributed by atoms with van der Waals surface area (Å²) < 4.78 is 2.20. The van der Waals surface area contributed by atoms with Crippen LogP contribution >= 0.6 is 0 Å². The number of likely N-dealkylation sites (N-methyl/N-ethyl adjacent to an activating group) is 1. The largest absolute Gasteiger partial charge is 0.391 e. The van der Waals surface area contributed by atoms with Crippen LogP contribution in [0, 0.1) is 31.1 Å². The fraction of sp³-hybridized carbons (Fsp3) is 0.579. The van der Waals surface area contributed by atoms with Crippen LogP contribution in [0.2, 0.25) is 0 Å². The molecule has 1 amide bonds. The van der Waals surface area contributed by atoms with Gasteiger partial charge in [-0.05, 0) is 56.7 Å². The number of hydrogen-bond acceptors (Lipinski definition) is 3. The number of nitriles is 1. The maximum atomic E-state index is 12.5. The first-order chi connectivity index (χ1) is 11.4. The van der Waals surface area contributed by atoms with E-state index in [1.165, 1.54) is 4.90 Å².